The van der Waals surface area contributed by atoms with E-state index in [-0.39, 0.29) is 24.8 Å². The van der Waals surface area contributed by atoms with E-state index in [4.69, 9.17) is 0 Å². The Bertz CT molecular complexity index is 1130. The summed E-state index contributed by atoms with van der Waals surface area (Å²) in [7, 11) is 7.61. The number of aryl methyl sites for hydroxylation is 2. The molecule has 0 saturated carbocycles. The Kier molecular flexibility index (Phi) is 7.42. The Morgan fingerprint density at radius 3 is 1.47 bits per heavy atom. The molecule has 0 aliphatic heterocycles. The van der Waals surface area contributed by atoms with Gasteiger partial charge in [-0.25, -0.2) is 0 Å². The van der Waals surface area contributed by atoms with Gasteiger partial charge in [0.05, 0.1) is 33.5 Å². The van der Waals surface area contributed by atoms with Gasteiger partial charge in [0.25, 0.3) is 0 Å². The van der Waals surface area contributed by atoms with Crippen LogP contribution < -0.4 is 44.8 Å². The Labute approximate surface area is 186 Å². The van der Waals surface area contributed by atoms with Crippen molar-refractivity contribution in [1.82, 2.24) is 10.2 Å². The average molecular weight is 445 g/mol. The smallest absolute Gasteiger partial charge is 0.241 e. The van der Waals surface area contributed by atoms with Crippen molar-refractivity contribution in [3.8, 4) is 0 Å². The second kappa shape index (κ2) is 9.60. The lowest BCUT2D eigenvalue weighted by atomic mass is 10.2. The third kappa shape index (κ3) is 4.24. The van der Waals surface area contributed by atoms with Crippen molar-refractivity contribution in [3.05, 3.63) is 48.8 Å². The normalized spacial score (nSPS) is 10.7. The number of hydrogen-bond donors (Lipinski definition) is 2. The van der Waals surface area contributed by atoms with Crippen LogP contribution in [0.3, 0.4) is 0 Å². The number of nitrogens with zero attached hydrogens (tertiary/aromatic N) is 6. The standard InChI is InChI=1S/C20H20N8.2ClH/c1-21-17-11-23-27(3)19-7-5-13(9-15(17)19)25-26-14-6-8-20-16(10-14)18(22-2)12-24-28(20)4;;/h5-12H,1-4H3;2*1H. The number of aromatic nitrogens is 4. The zero-order valence-electron chi connectivity index (χ0n) is 17.1. The molecule has 2 aromatic heterocycles. The lowest BCUT2D eigenvalue weighted by Gasteiger charge is -2.04. The van der Waals surface area contributed by atoms with Crippen molar-refractivity contribution < 1.29 is 34.2 Å². The van der Waals surface area contributed by atoms with Crippen LogP contribution in [-0.4, -0.2) is 24.3 Å². The molecule has 30 heavy (non-hydrogen) atoms. The van der Waals surface area contributed by atoms with E-state index in [1.54, 1.807) is 12.4 Å². The number of anilines is 2. The second-order valence-corrected chi connectivity index (χ2v) is 6.47. The van der Waals surface area contributed by atoms with Crippen molar-refractivity contribution in [2.45, 2.75) is 0 Å². The molecule has 0 bridgehead atoms. The van der Waals surface area contributed by atoms with Crippen molar-refractivity contribution in [2.75, 3.05) is 24.7 Å². The summed E-state index contributed by atoms with van der Waals surface area (Å²) in [4.78, 5) is 0. The van der Waals surface area contributed by atoms with Crippen molar-refractivity contribution in [1.29, 1.82) is 0 Å². The van der Waals surface area contributed by atoms with Gasteiger partial charge >= 0.3 is 0 Å². The van der Waals surface area contributed by atoms with Crippen LogP contribution in [0.5, 0.6) is 0 Å². The summed E-state index contributed by atoms with van der Waals surface area (Å²) < 4.78 is 3.68. The Morgan fingerprint density at radius 2 is 1.10 bits per heavy atom. The van der Waals surface area contributed by atoms with Crippen LogP contribution in [0.2, 0.25) is 0 Å². The maximum absolute atomic E-state index is 4.44. The van der Waals surface area contributed by atoms with Gasteiger partial charge in [0, 0.05) is 26.2 Å². The maximum atomic E-state index is 4.44. The SMILES string of the molecule is CNc1cn[n+](C)c2ccc(N=Nc3ccc4c(c3)c(NC)cn[n+]4C)cc12.[Cl-].[Cl-]. The maximum Gasteiger partial charge on any atom is 0.241 e. The number of fused-ring (bicyclic) bond motifs is 2. The van der Waals surface area contributed by atoms with Crippen LogP contribution >= 0.6 is 0 Å². The molecule has 0 fully saturated rings. The molecule has 0 saturated heterocycles. The molecular formula is C20H22Cl2N8. The summed E-state index contributed by atoms with van der Waals surface area (Å²) in [6, 6.07) is 11.9. The first-order valence-electron chi connectivity index (χ1n) is 8.96. The molecule has 0 spiro atoms. The molecule has 4 aromatic rings. The van der Waals surface area contributed by atoms with Crippen LogP contribution in [0.4, 0.5) is 22.7 Å². The number of rotatable bonds is 4. The van der Waals surface area contributed by atoms with Gasteiger partial charge in [-0.3, -0.25) is 0 Å². The molecule has 0 aliphatic carbocycles. The summed E-state index contributed by atoms with van der Waals surface area (Å²) in [6.45, 7) is 0. The van der Waals surface area contributed by atoms with Crippen LogP contribution in [0, 0.1) is 0 Å². The van der Waals surface area contributed by atoms with Gasteiger partial charge in [0.1, 0.15) is 12.4 Å². The number of benzene rings is 2. The minimum absolute atomic E-state index is 0. The molecule has 2 N–H and O–H groups in total. The molecule has 2 aromatic carbocycles. The minimum atomic E-state index is 0. The van der Waals surface area contributed by atoms with Crippen LogP contribution in [-0.2, 0) is 14.1 Å². The van der Waals surface area contributed by atoms with E-state index in [1.165, 1.54) is 0 Å². The molecular weight excluding hydrogens is 423 g/mol. The molecule has 0 amide bonds. The third-order valence-corrected chi connectivity index (χ3v) is 4.78. The molecule has 2 heterocycles. The second-order valence-electron chi connectivity index (χ2n) is 6.47. The zero-order valence-corrected chi connectivity index (χ0v) is 18.6. The van der Waals surface area contributed by atoms with E-state index < -0.39 is 0 Å². The van der Waals surface area contributed by atoms with Gasteiger partial charge in [-0.1, -0.05) is 9.36 Å². The summed E-state index contributed by atoms with van der Waals surface area (Å²) in [5.74, 6) is 0. The number of halogens is 2. The fraction of sp³-hybridized carbons (Fsp3) is 0.200. The van der Waals surface area contributed by atoms with E-state index in [9.17, 15) is 0 Å². The largest absolute Gasteiger partial charge is 1.00 e. The van der Waals surface area contributed by atoms with Gasteiger partial charge in [-0.05, 0) is 34.5 Å². The molecule has 0 radical (unpaired) electrons. The van der Waals surface area contributed by atoms with Gasteiger partial charge in [-0.2, -0.15) is 10.2 Å². The first-order valence-corrected chi connectivity index (χ1v) is 8.96. The minimum Gasteiger partial charge on any atom is -1.00 e. The number of hydrogen-bond acceptors (Lipinski definition) is 6. The first-order chi connectivity index (χ1) is 13.6. The lowest BCUT2D eigenvalue weighted by Crippen LogP contribution is -3.00. The molecule has 10 heteroatoms. The fourth-order valence-corrected chi connectivity index (χ4v) is 3.23. The summed E-state index contributed by atoms with van der Waals surface area (Å²) >= 11 is 0. The lowest BCUT2D eigenvalue weighted by molar-refractivity contribution is -0.705. The summed E-state index contributed by atoms with van der Waals surface area (Å²) in [5, 5.41) is 26.0. The molecule has 156 valence electrons. The Morgan fingerprint density at radius 1 is 0.700 bits per heavy atom. The Balaban J connectivity index is 0.00000160. The number of nitrogens with one attached hydrogen (secondary N) is 2. The van der Waals surface area contributed by atoms with Crippen LogP contribution in [0.1, 0.15) is 0 Å². The van der Waals surface area contributed by atoms with E-state index in [0.717, 1.165) is 44.6 Å². The van der Waals surface area contributed by atoms with Gasteiger partial charge < -0.3 is 35.4 Å². The summed E-state index contributed by atoms with van der Waals surface area (Å²) in [6.07, 6.45) is 3.61. The Hall–Kier alpha value is -3.10. The number of azo groups is 1. The predicted octanol–water partition coefficient (Wildman–Crippen LogP) is -3.06. The highest BCUT2D eigenvalue weighted by atomic mass is 35.5. The monoisotopic (exact) mass is 444 g/mol. The molecule has 0 unspecified atom stereocenters. The fourth-order valence-electron chi connectivity index (χ4n) is 3.23. The quantitative estimate of drug-likeness (QED) is 0.258. The molecule has 0 atom stereocenters. The van der Waals surface area contributed by atoms with E-state index in [1.807, 2.05) is 74.0 Å². The highest BCUT2D eigenvalue weighted by Gasteiger charge is 2.12. The van der Waals surface area contributed by atoms with Crippen molar-refractivity contribution >= 4 is 44.6 Å². The molecule has 8 nitrogen and oxygen atoms in total. The molecule has 0 aliphatic rings. The first kappa shape index (κ1) is 23.2. The molecule has 4 rings (SSSR count). The topological polar surface area (TPSA) is 82.3 Å². The van der Waals surface area contributed by atoms with E-state index >= 15 is 0 Å². The van der Waals surface area contributed by atoms with Gasteiger partial charge in [-0.15, -0.1) is 0 Å². The zero-order chi connectivity index (χ0) is 19.7. The van der Waals surface area contributed by atoms with Crippen LogP contribution in [0.25, 0.3) is 21.8 Å². The van der Waals surface area contributed by atoms with Crippen LogP contribution in [0.15, 0.2) is 59.0 Å². The van der Waals surface area contributed by atoms with Gasteiger partial charge in [0.15, 0.2) is 14.1 Å². The third-order valence-electron chi connectivity index (χ3n) is 4.78. The predicted molar refractivity (Wildman–Crippen MR) is 109 cm³/mol. The highest BCUT2D eigenvalue weighted by Crippen LogP contribution is 2.28. The van der Waals surface area contributed by atoms with Gasteiger partial charge in [0.2, 0.25) is 11.0 Å². The van der Waals surface area contributed by atoms with Crippen molar-refractivity contribution in [3.63, 3.8) is 0 Å². The van der Waals surface area contributed by atoms with Crippen molar-refractivity contribution in [2.24, 2.45) is 24.3 Å². The van der Waals surface area contributed by atoms with E-state index in [2.05, 4.69) is 31.1 Å². The van der Waals surface area contributed by atoms with E-state index in [0.29, 0.717) is 0 Å². The summed E-state index contributed by atoms with van der Waals surface area (Å²) in [5.41, 5.74) is 5.52. The highest BCUT2D eigenvalue weighted by molar-refractivity contribution is 5.91. The average Bonchev–Trinajstić information content (AvgIpc) is 2.73.